The van der Waals surface area contributed by atoms with Gasteiger partial charge in [0.25, 0.3) is 0 Å². The van der Waals surface area contributed by atoms with Gasteiger partial charge in [-0.2, -0.15) is 0 Å². The van der Waals surface area contributed by atoms with E-state index < -0.39 is 0 Å². The number of hydrogen-bond donors (Lipinski definition) is 1. The number of imide groups is 1. The third kappa shape index (κ3) is 1.75. The van der Waals surface area contributed by atoms with E-state index in [1.807, 2.05) is 4.90 Å². The van der Waals surface area contributed by atoms with Gasteiger partial charge in [0.05, 0.1) is 0 Å². The highest BCUT2D eigenvalue weighted by atomic mass is 16.2. The van der Waals surface area contributed by atoms with Crippen molar-refractivity contribution >= 4 is 12.1 Å². The zero-order chi connectivity index (χ0) is 13.0. The van der Waals surface area contributed by atoms with Gasteiger partial charge < -0.3 is 10.2 Å². The molecule has 0 radical (unpaired) electrons. The van der Waals surface area contributed by atoms with Crippen molar-refractivity contribution in [2.45, 2.75) is 50.6 Å². The predicted octanol–water partition coefficient (Wildman–Crippen LogP) is 1.85. The molecule has 2 unspecified atom stereocenters. The van der Waals surface area contributed by atoms with Crippen LogP contribution >= 0.6 is 0 Å². The normalized spacial score (nSPS) is 32.9. The van der Waals surface area contributed by atoms with Gasteiger partial charge >= 0.3 is 12.1 Å². The van der Waals surface area contributed by atoms with Crippen LogP contribution in [0.15, 0.2) is 11.1 Å². The first kappa shape index (κ1) is 11.3. The van der Waals surface area contributed by atoms with E-state index in [2.05, 4.69) is 5.32 Å². The Morgan fingerprint density at radius 1 is 1.11 bits per heavy atom. The van der Waals surface area contributed by atoms with E-state index in [4.69, 9.17) is 0 Å². The van der Waals surface area contributed by atoms with Gasteiger partial charge in [0, 0.05) is 25.2 Å². The fraction of sp³-hybridized carbons (Fsp3) is 0.714. The van der Waals surface area contributed by atoms with Crippen LogP contribution in [-0.2, 0) is 0 Å². The summed E-state index contributed by atoms with van der Waals surface area (Å²) < 4.78 is 0. The molecule has 3 aliphatic heterocycles. The molecule has 0 aromatic carbocycles. The minimum Gasteiger partial charge on any atom is -0.336 e. The quantitative estimate of drug-likeness (QED) is 0.677. The second-order valence-electron chi connectivity index (χ2n) is 6.07. The lowest BCUT2D eigenvalue weighted by Gasteiger charge is -2.37. The van der Waals surface area contributed by atoms with Gasteiger partial charge in [-0.1, -0.05) is 11.1 Å². The Hall–Kier alpha value is -1.52. The summed E-state index contributed by atoms with van der Waals surface area (Å²) in [5.74, 6) is 0. The maximum absolute atomic E-state index is 12.5. The zero-order valence-corrected chi connectivity index (χ0v) is 11.0. The standard InChI is InChI=1S/C14H19N3O2/c18-13-15-5-6-16(13)14(19)17-11-3-4-12(17)8-10(7-11)9-1-2-9/h11-12H,1-8H2,(H,15,18). The smallest absolute Gasteiger partial charge is 0.328 e. The molecule has 1 aliphatic carbocycles. The number of urea groups is 2. The predicted molar refractivity (Wildman–Crippen MR) is 69.6 cm³/mol. The second-order valence-corrected chi connectivity index (χ2v) is 6.07. The number of hydrogen-bond acceptors (Lipinski definition) is 2. The summed E-state index contributed by atoms with van der Waals surface area (Å²) in [6.07, 6.45) is 6.85. The number of amides is 4. The number of carbonyl (C=O) groups is 2. The minimum atomic E-state index is -0.226. The molecular formula is C14H19N3O2. The first-order valence-corrected chi connectivity index (χ1v) is 7.31. The molecule has 0 aromatic heterocycles. The molecule has 1 saturated carbocycles. The molecule has 102 valence electrons. The Labute approximate surface area is 112 Å². The summed E-state index contributed by atoms with van der Waals surface area (Å²) in [5, 5.41) is 2.71. The van der Waals surface area contributed by atoms with Crippen molar-refractivity contribution in [2.75, 3.05) is 13.1 Å². The molecule has 4 aliphatic rings. The van der Waals surface area contributed by atoms with Gasteiger partial charge in [-0.15, -0.1) is 0 Å². The Morgan fingerprint density at radius 2 is 1.79 bits per heavy atom. The molecular weight excluding hydrogens is 242 g/mol. The molecule has 0 spiro atoms. The molecule has 5 heteroatoms. The van der Waals surface area contributed by atoms with Crippen molar-refractivity contribution in [1.82, 2.24) is 15.1 Å². The zero-order valence-electron chi connectivity index (χ0n) is 11.0. The maximum atomic E-state index is 12.5. The number of rotatable bonds is 0. The molecule has 2 atom stereocenters. The maximum Gasteiger partial charge on any atom is 0.328 e. The van der Waals surface area contributed by atoms with E-state index in [-0.39, 0.29) is 12.1 Å². The van der Waals surface area contributed by atoms with E-state index in [0.717, 1.165) is 25.7 Å². The highest BCUT2D eigenvalue weighted by Crippen LogP contribution is 2.44. The Bertz CT molecular complexity index is 463. The van der Waals surface area contributed by atoms with Crippen LogP contribution < -0.4 is 5.32 Å². The Kier molecular flexibility index (Phi) is 2.37. The summed E-state index contributed by atoms with van der Waals surface area (Å²) in [6, 6.07) is 0.378. The molecule has 5 nitrogen and oxygen atoms in total. The average Bonchev–Trinajstić information content (AvgIpc) is 3.11. The van der Waals surface area contributed by atoms with Crippen LogP contribution in [0.4, 0.5) is 9.59 Å². The van der Waals surface area contributed by atoms with Crippen molar-refractivity contribution < 1.29 is 9.59 Å². The highest BCUT2D eigenvalue weighted by molar-refractivity contribution is 5.95. The van der Waals surface area contributed by atoms with Crippen molar-refractivity contribution in [3.8, 4) is 0 Å². The molecule has 1 N–H and O–H groups in total. The summed E-state index contributed by atoms with van der Waals surface area (Å²) in [5.41, 5.74) is 3.25. The molecule has 2 bridgehead atoms. The Balaban J connectivity index is 1.55. The van der Waals surface area contributed by atoms with Crippen molar-refractivity contribution in [1.29, 1.82) is 0 Å². The lowest BCUT2D eigenvalue weighted by atomic mass is 9.96. The highest BCUT2D eigenvalue weighted by Gasteiger charge is 2.45. The van der Waals surface area contributed by atoms with Crippen molar-refractivity contribution in [3.63, 3.8) is 0 Å². The average molecular weight is 261 g/mol. The topological polar surface area (TPSA) is 52.7 Å². The van der Waals surface area contributed by atoms with Crippen LogP contribution in [0.3, 0.4) is 0 Å². The van der Waals surface area contributed by atoms with Gasteiger partial charge in [0.2, 0.25) is 0 Å². The van der Waals surface area contributed by atoms with E-state index in [0.29, 0.717) is 25.2 Å². The fourth-order valence-corrected chi connectivity index (χ4v) is 3.82. The summed E-state index contributed by atoms with van der Waals surface area (Å²) in [4.78, 5) is 27.5. The van der Waals surface area contributed by atoms with Gasteiger partial charge in [0.15, 0.2) is 0 Å². The largest absolute Gasteiger partial charge is 0.336 e. The van der Waals surface area contributed by atoms with Gasteiger partial charge in [-0.05, 0) is 38.5 Å². The van der Waals surface area contributed by atoms with Gasteiger partial charge in [-0.3, -0.25) is 0 Å². The molecule has 4 amide bonds. The summed E-state index contributed by atoms with van der Waals surface area (Å²) in [7, 11) is 0. The van der Waals surface area contributed by atoms with Crippen molar-refractivity contribution in [2.24, 2.45) is 0 Å². The first-order chi connectivity index (χ1) is 9.24. The number of carbonyl (C=O) groups excluding carboxylic acids is 2. The van der Waals surface area contributed by atoms with Crippen LogP contribution in [-0.4, -0.2) is 47.0 Å². The lowest BCUT2D eigenvalue weighted by molar-refractivity contribution is 0.133. The number of allylic oxidation sites excluding steroid dienone is 1. The number of fused-ring (bicyclic) bond motifs is 2. The third-order valence-electron chi connectivity index (χ3n) is 4.89. The monoisotopic (exact) mass is 261 g/mol. The molecule has 3 saturated heterocycles. The SMILES string of the molecule is O=C1NCCN1C(=O)N1C2CCC1CC(=C1CC1)C2. The number of nitrogens with zero attached hydrogens (tertiary/aromatic N) is 2. The third-order valence-corrected chi connectivity index (χ3v) is 4.89. The van der Waals surface area contributed by atoms with Gasteiger partial charge in [0.1, 0.15) is 0 Å². The minimum absolute atomic E-state index is 0.0673. The van der Waals surface area contributed by atoms with E-state index >= 15 is 0 Å². The van der Waals surface area contributed by atoms with E-state index in [1.165, 1.54) is 17.7 Å². The van der Waals surface area contributed by atoms with Crippen LogP contribution in [0.1, 0.15) is 38.5 Å². The fourth-order valence-electron chi connectivity index (χ4n) is 3.82. The number of piperidine rings is 1. The second kappa shape index (κ2) is 3.99. The van der Waals surface area contributed by atoms with E-state index in [1.54, 1.807) is 11.1 Å². The van der Waals surface area contributed by atoms with Crippen LogP contribution in [0.25, 0.3) is 0 Å². The molecule has 19 heavy (non-hydrogen) atoms. The molecule has 4 fully saturated rings. The van der Waals surface area contributed by atoms with Crippen LogP contribution in [0.5, 0.6) is 0 Å². The summed E-state index contributed by atoms with van der Waals surface area (Å²) in [6.45, 7) is 1.10. The molecule has 4 rings (SSSR count). The van der Waals surface area contributed by atoms with Crippen molar-refractivity contribution in [3.05, 3.63) is 11.1 Å². The molecule has 0 aromatic rings. The van der Waals surface area contributed by atoms with Crippen LogP contribution in [0.2, 0.25) is 0 Å². The number of nitrogens with one attached hydrogen (secondary N) is 1. The summed E-state index contributed by atoms with van der Waals surface area (Å²) >= 11 is 0. The lowest BCUT2D eigenvalue weighted by Crippen LogP contribution is -2.51. The molecule has 3 heterocycles. The van der Waals surface area contributed by atoms with E-state index in [9.17, 15) is 9.59 Å². The van der Waals surface area contributed by atoms with Gasteiger partial charge in [-0.25, -0.2) is 14.5 Å². The first-order valence-electron chi connectivity index (χ1n) is 7.31. The Morgan fingerprint density at radius 3 is 2.32 bits per heavy atom. The van der Waals surface area contributed by atoms with Crippen LogP contribution in [0, 0.1) is 0 Å².